The zero-order chi connectivity index (χ0) is 14.7. The zero-order valence-corrected chi connectivity index (χ0v) is 12.9. The molecule has 0 fully saturated rings. The van der Waals surface area contributed by atoms with E-state index in [1.807, 2.05) is 33.0 Å². The van der Waals surface area contributed by atoms with Crippen LogP contribution in [0.1, 0.15) is 34.3 Å². The lowest BCUT2D eigenvalue weighted by molar-refractivity contribution is 0.414. The Kier molecular flexibility index (Phi) is 4.50. The Morgan fingerprint density at radius 2 is 1.75 bits per heavy atom. The highest BCUT2D eigenvalue weighted by Crippen LogP contribution is 2.29. The van der Waals surface area contributed by atoms with Crippen LogP contribution >= 0.6 is 0 Å². The molecule has 2 rings (SSSR count). The van der Waals surface area contributed by atoms with Gasteiger partial charge in [-0.25, -0.2) is 0 Å². The molecule has 3 heteroatoms. The van der Waals surface area contributed by atoms with E-state index in [4.69, 9.17) is 9.15 Å². The number of aryl methyl sites for hydroxylation is 2. The largest absolute Gasteiger partial charge is 0.497 e. The zero-order valence-electron chi connectivity index (χ0n) is 12.9. The van der Waals surface area contributed by atoms with Crippen molar-refractivity contribution < 1.29 is 9.15 Å². The molecule has 0 aliphatic carbocycles. The third-order valence-corrected chi connectivity index (χ3v) is 3.91. The second-order valence-electron chi connectivity index (χ2n) is 5.15. The number of furan rings is 1. The highest BCUT2D eigenvalue weighted by atomic mass is 16.5. The van der Waals surface area contributed by atoms with Gasteiger partial charge in [-0.2, -0.15) is 0 Å². The van der Waals surface area contributed by atoms with Crippen molar-refractivity contribution in [3.63, 3.8) is 0 Å². The van der Waals surface area contributed by atoms with Crippen molar-refractivity contribution in [2.75, 3.05) is 14.2 Å². The molecule has 0 saturated carbocycles. The fourth-order valence-corrected chi connectivity index (χ4v) is 2.67. The lowest BCUT2D eigenvalue weighted by Crippen LogP contribution is -2.20. The molecular weight excluding hydrogens is 250 g/mol. The topological polar surface area (TPSA) is 34.4 Å². The number of nitrogens with one attached hydrogen (secondary N) is 1. The Morgan fingerprint density at radius 1 is 1.10 bits per heavy atom. The van der Waals surface area contributed by atoms with Crippen LogP contribution in [0.5, 0.6) is 5.75 Å². The first-order valence-electron chi connectivity index (χ1n) is 6.93. The van der Waals surface area contributed by atoms with Gasteiger partial charge in [0, 0.05) is 11.6 Å². The molecule has 0 bridgehead atoms. The standard InChI is InChI=1S/C17H23NO2/c1-11-12(2)20-13(3)17(11)16(18-4)10-14-6-8-15(19-5)9-7-14/h6-9,16,18H,10H2,1-5H3. The molecule has 0 saturated heterocycles. The van der Waals surface area contributed by atoms with E-state index in [0.29, 0.717) is 0 Å². The summed E-state index contributed by atoms with van der Waals surface area (Å²) in [5, 5.41) is 3.40. The van der Waals surface area contributed by atoms with Gasteiger partial charge in [-0.3, -0.25) is 0 Å². The highest BCUT2D eigenvalue weighted by Gasteiger charge is 2.20. The minimum absolute atomic E-state index is 0.265. The van der Waals surface area contributed by atoms with Gasteiger partial charge in [0.15, 0.2) is 0 Å². The predicted molar refractivity (Wildman–Crippen MR) is 81.4 cm³/mol. The quantitative estimate of drug-likeness (QED) is 0.901. The smallest absolute Gasteiger partial charge is 0.118 e. The lowest BCUT2D eigenvalue weighted by atomic mass is 9.96. The Labute approximate surface area is 121 Å². The molecule has 0 aliphatic heterocycles. The molecular formula is C17H23NO2. The summed E-state index contributed by atoms with van der Waals surface area (Å²) in [6.45, 7) is 6.18. The van der Waals surface area contributed by atoms with E-state index in [1.54, 1.807) is 7.11 Å². The van der Waals surface area contributed by atoms with Crippen molar-refractivity contribution in [2.45, 2.75) is 33.2 Å². The molecule has 0 spiro atoms. The maximum atomic E-state index is 5.74. The molecule has 3 nitrogen and oxygen atoms in total. The van der Waals surface area contributed by atoms with Crippen molar-refractivity contribution in [2.24, 2.45) is 0 Å². The molecule has 1 unspecified atom stereocenters. The number of ether oxygens (including phenoxy) is 1. The molecule has 1 atom stereocenters. The van der Waals surface area contributed by atoms with Crippen molar-refractivity contribution in [3.05, 3.63) is 52.5 Å². The van der Waals surface area contributed by atoms with E-state index in [-0.39, 0.29) is 6.04 Å². The molecule has 0 radical (unpaired) electrons. The van der Waals surface area contributed by atoms with E-state index < -0.39 is 0 Å². The van der Waals surface area contributed by atoms with E-state index in [9.17, 15) is 0 Å². The maximum Gasteiger partial charge on any atom is 0.118 e. The lowest BCUT2D eigenvalue weighted by Gasteiger charge is -2.17. The number of methoxy groups -OCH3 is 1. The van der Waals surface area contributed by atoms with E-state index in [0.717, 1.165) is 23.7 Å². The minimum Gasteiger partial charge on any atom is -0.497 e. The van der Waals surface area contributed by atoms with Gasteiger partial charge in [0.25, 0.3) is 0 Å². The predicted octanol–water partition coefficient (Wildman–Crippen LogP) is 3.72. The monoisotopic (exact) mass is 273 g/mol. The molecule has 2 aromatic rings. The van der Waals surface area contributed by atoms with Crippen molar-refractivity contribution >= 4 is 0 Å². The van der Waals surface area contributed by atoms with Gasteiger partial charge in [0.2, 0.25) is 0 Å². The summed E-state index contributed by atoms with van der Waals surface area (Å²) in [5.41, 5.74) is 3.80. The van der Waals surface area contributed by atoms with Crippen LogP contribution in [0.25, 0.3) is 0 Å². The fraction of sp³-hybridized carbons (Fsp3) is 0.412. The number of rotatable bonds is 5. The second-order valence-corrected chi connectivity index (χ2v) is 5.15. The maximum absolute atomic E-state index is 5.74. The highest BCUT2D eigenvalue weighted by molar-refractivity contribution is 5.36. The first kappa shape index (κ1) is 14.7. The van der Waals surface area contributed by atoms with Crippen molar-refractivity contribution in [3.8, 4) is 5.75 Å². The van der Waals surface area contributed by atoms with Gasteiger partial charge in [-0.1, -0.05) is 12.1 Å². The molecule has 0 amide bonds. The van der Waals surface area contributed by atoms with Gasteiger partial charge in [-0.15, -0.1) is 0 Å². The van der Waals surface area contributed by atoms with Crippen molar-refractivity contribution in [1.29, 1.82) is 0 Å². The first-order chi connectivity index (χ1) is 9.56. The first-order valence-corrected chi connectivity index (χ1v) is 6.93. The summed E-state index contributed by atoms with van der Waals surface area (Å²) in [7, 11) is 3.68. The van der Waals surface area contributed by atoms with E-state index >= 15 is 0 Å². The van der Waals surface area contributed by atoms with Gasteiger partial charge in [-0.05, 0) is 57.5 Å². The molecule has 20 heavy (non-hydrogen) atoms. The normalized spacial score (nSPS) is 12.4. The van der Waals surface area contributed by atoms with Crippen LogP contribution < -0.4 is 10.1 Å². The average Bonchev–Trinajstić information content (AvgIpc) is 2.71. The molecule has 1 aromatic heterocycles. The Hall–Kier alpha value is -1.74. The van der Waals surface area contributed by atoms with Crippen molar-refractivity contribution in [1.82, 2.24) is 5.32 Å². The molecule has 1 aromatic carbocycles. The Bertz CT molecular complexity index is 569. The van der Waals surface area contributed by atoms with Gasteiger partial charge < -0.3 is 14.5 Å². The minimum atomic E-state index is 0.265. The van der Waals surface area contributed by atoms with Gasteiger partial charge in [0.05, 0.1) is 7.11 Å². The average molecular weight is 273 g/mol. The summed E-state index contributed by atoms with van der Waals surface area (Å²) in [6, 6.07) is 8.49. The Morgan fingerprint density at radius 3 is 2.20 bits per heavy atom. The van der Waals surface area contributed by atoms with Gasteiger partial charge in [0.1, 0.15) is 17.3 Å². The third kappa shape index (κ3) is 2.88. The van der Waals surface area contributed by atoms with Crippen LogP contribution in [-0.2, 0) is 6.42 Å². The second kappa shape index (κ2) is 6.14. The summed E-state index contributed by atoms with van der Waals surface area (Å²) < 4.78 is 10.9. The summed E-state index contributed by atoms with van der Waals surface area (Å²) >= 11 is 0. The fourth-order valence-electron chi connectivity index (χ4n) is 2.67. The van der Waals surface area contributed by atoms with Crippen LogP contribution in [0.4, 0.5) is 0 Å². The van der Waals surface area contributed by atoms with Crippen LogP contribution in [0.15, 0.2) is 28.7 Å². The van der Waals surface area contributed by atoms with Crippen LogP contribution in [0.2, 0.25) is 0 Å². The molecule has 1 N–H and O–H groups in total. The van der Waals surface area contributed by atoms with Crippen LogP contribution in [0, 0.1) is 20.8 Å². The summed E-state index contributed by atoms with van der Waals surface area (Å²) in [5.74, 6) is 2.90. The number of benzene rings is 1. The van der Waals surface area contributed by atoms with Crippen LogP contribution in [-0.4, -0.2) is 14.2 Å². The van der Waals surface area contributed by atoms with Gasteiger partial charge >= 0.3 is 0 Å². The molecule has 0 aliphatic rings. The molecule has 108 valence electrons. The SMILES string of the molecule is CNC(Cc1ccc(OC)cc1)c1c(C)oc(C)c1C. The van der Waals surface area contributed by atoms with E-state index in [2.05, 4.69) is 24.4 Å². The third-order valence-electron chi connectivity index (χ3n) is 3.91. The van der Waals surface area contributed by atoms with Crippen LogP contribution in [0.3, 0.4) is 0 Å². The van der Waals surface area contributed by atoms with E-state index in [1.165, 1.54) is 16.7 Å². The molecule has 1 heterocycles. The summed E-state index contributed by atoms with van der Waals surface area (Å²) in [6.07, 6.45) is 0.932. The Balaban J connectivity index is 2.24. The number of likely N-dealkylation sites (N-methyl/N-ethyl adjacent to an activating group) is 1. The summed E-state index contributed by atoms with van der Waals surface area (Å²) in [4.78, 5) is 0. The number of hydrogen-bond acceptors (Lipinski definition) is 3. The number of hydrogen-bond donors (Lipinski definition) is 1.